The Balaban J connectivity index is 2.72. The van der Waals surface area contributed by atoms with E-state index in [-0.39, 0.29) is 12.3 Å². The third kappa shape index (κ3) is 3.41. The van der Waals surface area contributed by atoms with Gasteiger partial charge in [0.2, 0.25) is 5.91 Å². The fourth-order valence-corrected chi connectivity index (χ4v) is 1.20. The van der Waals surface area contributed by atoms with Crippen molar-refractivity contribution >= 4 is 11.6 Å². The second-order valence-electron chi connectivity index (χ2n) is 3.18. The lowest BCUT2D eigenvalue weighted by atomic mass is 10.1. The van der Waals surface area contributed by atoms with Crippen molar-refractivity contribution in [3.05, 3.63) is 29.8 Å². The summed E-state index contributed by atoms with van der Waals surface area (Å²) < 4.78 is 0. The number of anilines is 1. The number of carbonyl (C=O) groups is 1. The van der Waals surface area contributed by atoms with Crippen LogP contribution in [-0.4, -0.2) is 11.0 Å². The average molecular weight is 204 g/mol. The topological polar surface area (TPSA) is 73.1 Å². The van der Waals surface area contributed by atoms with E-state index >= 15 is 0 Å². The fourth-order valence-electron chi connectivity index (χ4n) is 1.20. The van der Waals surface area contributed by atoms with Crippen LogP contribution >= 0.6 is 0 Å². The van der Waals surface area contributed by atoms with Crippen molar-refractivity contribution in [3.8, 4) is 6.07 Å². The van der Waals surface area contributed by atoms with E-state index in [4.69, 9.17) is 5.26 Å². The average Bonchev–Trinajstić information content (AvgIpc) is 2.18. The van der Waals surface area contributed by atoms with Gasteiger partial charge >= 0.3 is 0 Å². The number of nitrogens with one attached hydrogen (secondary N) is 1. The van der Waals surface area contributed by atoms with Gasteiger partial charge in [-0.2, -0.15) is 5.26 Å². The summed E-state index contributed by atoms with van der Waals surface area (Å²) >= 11 is 0. The lowest BCUT2D eigenvalue weighted by molar-refractivity contribution is -0.114. The Bertz CT molecular complexity index is 379. The van der Waals surface area contributed by atoms with Crippen molar-refractivity contribution in [3.63, 3.8) is 0 Å². The number of aliphatic hydroxyl groups excluding tert-OH is 1. The van der Waals surface area contributed by atoms with Crippen LogP contribution in [0.3, 0.4) is 0 Å². The summed E-state index contributed by atoms with van der Waals surface area (Å²) in [6, 6.07) is 8.65. The first-order valence-electron chi connectivity index (χ1n) is 4.56. The van der Waals surface area contributed by atoms with Gasteiger partial charge in [0.15, 0.2) is 0 Å². The van der Waals surface area contributed by atoms with Crippen LogP contribution in [-0.2, 0) is 4.79 Å². The minimum absolute atomic E-state index is 0.0689. The van der Waals surface area contributed by atoms with Crippen LogP contribution in [0.25, 0.3) is 0 Å². The van der Waals surface area contributed by atoms with Gasteiger partial charge in [0.05, 0.1) is 18.6 Å². The molecular weight excluding hydrogens is 192 g/mol. The Morgan fingerprint density at radius 1 is 1.53 bits per heavy atom. The Kier molecular flexibility index (Phi) is 3.83. The largest absolute Gasteiger partial charge is 0.387 e. The molecule has 2 N–H and O–H groups in total. The molecule has 78 valence electrons. The highest BCUT2D eigenvalue weighted by Crippen LogP contribution is 2.18. The SMILES string of the molecule is CC(=O)Nc1ccc(C(O)CC#N)cc1. The molecule has 0 spiro atoms. The molecule has 0 aromatic heterocycles. The van der Waals surface area contributed by atoms with E-state index < -0.39 is 6.10 Å². The number of hydrogen-bond acceptors (Lipinski definition) is 3. The second kappa shape index (κ2) is 5.13. The van der Waals surface area contributed by atoms with E-state index in [1.54, 1.807) is 24.3 Å². The summed E-state index contributed by atoms with van der Waals surface area (Å²) in [4.78, 5) is 10.7. The summed E-state index contributed by atoms with van der Waals surface area (Å²) in [6.07, 6.45) is -0.694. The summed E-state index contributed by atoms with van der Waals surface area (Å²) in [5.41, 5.74) is 1.35. The molecule has 0 heterocycles. The van der Waals surface area contributed by atoms with E-state index in [9.17, 15) is 9.90 Å². The third-order valence-corrected chi connectivity index (χ3v) is 1.90. The zero-order valence-corrected chi connectivity index (χ0v) is 8.40. The van der Waals surface area contributed by atoms with Gasteiger partial charge in [-0.05, 0) is 17.7 Å². The highest BCUT2D eigenvalue weighted by Gasteiger charge is 2.06. The number of nitrogens with zero attached hydrogens (tertiary/aromatic N) is 1. The molecule has 4 heteroatoms. The van der Waals surface area contributed by atoms with Crippen LogP contribution in [0.2, 0.25) is 0 Å². The molecule has 0 bridgehead atoms. The van der Waals surface area contributed by atoms with Gasteiger partial charge in [-0.3, -0.25) is 4.79 Å². The predicted octanol–water partition coefficient (Wildman–Crippen LogP) is 1.59. The van der Waals surface area contributed by atoms with Crippen LogP contribution in [0.15, 0.2) is 24.3 Å². The number of rotatable bonds is 3. The van der Waals surface area contributed by atoms with Crippen molar-refractivity contribution in [2.24, 2.45) is 0 Å². The van der Waals surface area contributed by atoms with Crippen LogP contribution in [0.5, 0.6) is 0 Å². The van der Waals surface area contributed by atoms with E-state index in [0.717, 1.165) is 0 Å². The van der Waals surface area contributed by atoms with Crippen molar-refractivity contribution in [2.45, 2.75) is 19.4 Å². The number of nitriles is 1. The minimum atomic E-state index is -0.763. The molecular formula is C11H12N2O2. The van der Waals surface area contributed by atoms with Crippen LogP contribution < -0.4 is 5.32 Å². The lowest BCUT2D eigenvalue weighted by Crippen LogP contribution is -2.05. The molecule has 0 fully saturated rings. The molecule has 1 aromatic rings. The first-order valence-corrected chi connectivity index (χ1v) is 4.56. The van der Waals surface area contributed by atoms with E-state index in [1.807, 2.05) is 6.07 Å². The first-order chi connectivity index (χ1) is 7.13. The molecule has 1 rings (SSSR count). The van der Waals surface area contributed by atoms with Gasteiger partial charge < -0.3 is 10.4 Å². The fraction of sp³-hybridized carbons (Fsp3) is 0.273. The molecule has 1 amide bonds. The minimum Gasteiger partial charge on any atom is -0.387 e. The van der Waals surface area contributed by atoms with E-state index in [1.165, 1.54) is 6.92 Å². The number of aliphatic hydroxyl groups is 1. The molecule has 1 aromatic carbocycles. The Labute approximate surface area is 88.2 Å². The predicted molar refractivity (Wildman–Crippen MR) is 55.9 cm³/mol. The number of amides is 1. The Morgan fingerprint density at radius 3 is 2.60 bits per heavy atom. The summed E-state index contributed by atoms with van der Waals surface area (Å²) in [5.74, 6) is -0.139. The molecule has 0 saturated carbocycles. The maximum Gasteiger partial charge on any atom is 0.221 e. The van der Waals surface area contributed by atoms with Gasteiger partial charge in [0, 0.05) is 12.6 Å². The van der Waals surface area contributed by atoms with E-state index in [0.29, 0.717) is 11.3 Å². The number of carbonyl (C=O) groups excluding carboxylic acids is 1. The second-order valence-corrected chi connectivity index (χ2v) is 3.18. The maximum atomic E-state index is 10.7. The third-order valence-electron chi connectivity index (χ3n) is 1.90. The summed E-state index contributed by atoms with van der Waals surface area (Å²) in [7, 11) is 0. The zero-order chi connectivity index (χ0) is 11.3. The quantitative estimate of drug-likeness (QED) is 0.785. The molecule has 1 atom stereocenters. The Morgan fingerprint density at radius 2 is 2.13 bits per heavy atom. The van der Waals surface area contributed by atoms with E-state index in [2.05, 4.69) is 5.32 Å². The summed E-state index contributed by atoms with van der Waals surface area (Å²) in [6.45, 7) is 1.43. The van der Waals surface area contributed by atoms with Crippen molar-refractivity contribution in [2.75, 3.05) is 5.32 Å². The van der Waals surface area contributed by atoms with Crippen LogP contribution in [0, 0.1) is 11.3 Å². The smallest absolute Gasteiger partial charge is 0.221 e. The van der Waals surface area contributed by atoms with Gasteiger partial charge in [-0.15, -0.1) is 0 Å². The monoisotopic (exact) mass is 204 g/mol. The lowest BCUT2D eigenvalue weighted by Gasteiger charge is -2.07. The summed E-state index contributed by atoms with van der Waals surface area (Å²) in [5, 5.41) is 20.5. The van der Waals surface area contributed by atoms with Gasteiger partial charge in [0.1, 0.15) is 0 Å². The van der Waals surface area contributed by atoms with Crippen molar-refractivity contribution < 1.29 is 9.90 Å². The standard InChI is InChI=1S/C11H12N2O2/c1-8(14)13-10-4-2-9(3-5-10)11(15)6-7-12/h2-5,11,15H,6H2,1H3,(H,13,14). The van der Waals surface area contributed by atoms with Crippen LogP contribution in [0.4, 0.5) is 5.69 Å². The van der Waals surface area contributed by atoms with Crippen molar-refractivity contribution in [1.29, 1.82) is 5.26 Å². The molecule has 1 unspecified atom stereocenters. The molecule has 15 heavy (non-hydrogen) atoms. The Hall–Kier alpha value is -1.86. The molecule has 0 aliphatic rings. The normalized spacial score (nSPS) is 11.5. The molecule has 0 saturated heterocycles. The zero-order valence-electron chi connectivity index (χ0n) is 8.40. The molecule has 0 radical (unpaired) electrons. The highest BCUT2D eigenvalue weighted by molar-refractivity contribution is 5.88. The van der Waals surface area contributed by atoms with Gasteiger partial charge in [0.25, 0.3) is 0 Å². The van der Waals surface area contributed by atoms with Crippen molar-refractivity contribution in [1.82, 2.24) is 0 Å². The molecule has 4 nitrogen and oxygen atoms in total. The molecule has 0 aliphatic carbocycles. The van der Waals surface area contributed by atoms with Crippen LogP contribution in [0.1, 0.15) is 25.0 Å². The first kappa shape index (κ1) is 11.2. The number of benzene rings is 1. The maximum absolute atomic E-state index is 10.7. The highest BCUT2D eigenvalue weighted by atomic mass is 16.3. The van der Waals surface area contributed by atoms with Gasteiger partial charge in [-0.1, -0.05) is 12.1 Å². The number of hydrogen-bond donors (Lipinski definition) is 2. The molecule has 0 aliphatic heterocycles. The van der Waals surface area contributed by atoms with Gasteiger partial charge in [-0.25, -0.2) is 0 Å².